The van der Waals surface area contributed by atoms with Crippen molar-refractivity contribution in [2.45, 2.75) is 12.6 Å². The predicted octanol–water partition coefficient (Wildman–Crippen LogP) is 0.800. The zero-order valence-corrected chi connectivity index (χ0v) is 17.8. The first-order valence-corrected chi connectivity index (χ1v) is 9.61. The number of benzene rings is 1. The van der Waals surface area contributed by atoms with Crippen LogP contribution < -0.4 is 25.6 Å². The Bertz CT molecular complexity index is 1130. The van der Waals surface area contributed by atoms with Gasteiger partial charge in [0.2, 0.25) is 0 Å². The number of nitrogens with one attached hydrogen (secondary N) is 2. The van der Waals surface area contributed by atoms with E-state index in [0.717, 1.165) is 24.2 Å². The second-order valence-corrected chi connectivity index (χ2v) is 6.36. The summed E-state index contributed by atoms with van der Waals surface area (Å²) >= 11 is 0. The van der Waals surface area contributed by atoms with Gasteiger partial charge in [-0.05, 0) is 12.1 Å². The number of carboxylic acids is 1. The Kier molecular flexibility index (Phi) is 9.15. The van der Waals surface area contributed by atoms with E-state index in [9.17, 15) is 13.2 Å². The second kappa shape index (κ2) is 12.0. The number of aromatic amines is 1. The number of methoxy groups -OCH3 is 1. The van der Waals surface area contributed by atoms with E-state index in [1.54, 1.807) is 7.11 Å². The van der Waals surface area contributed by atoms with Gasteiger partial charge in [0.15, 0.2) is 11.5 Å². The summed E-state index contributed by atoms with van der Waals surface area (Å²) in [6, 6.07) is 9.39. The average molecular weight is 479 g/mol. The third-order valence-electron chi connectivity index (χ3n) is 3.96. The van der Waals surface area contributed by atoms with Crippen molar-refractivity contribution in [1.29, 1.82) is 5.26 Å². The SMILES string of the molecule is COc1cccc(OCCC[NH3+])c1-c1cc(Nc2cnc(C#N)cn2)n[nH]1.O=C([O-])C(F)(F)F. The van der Waals surface area contributed by atoms with E-state index < -0.39 is 12.1 Å². The molecule has 0 radical (unpaired) electrons. The molecule has 0 aliphatic carbocycles. The molecule has 2 heterocycles. The van der Waals surface area contributed by atoms with Crippen LogP contribution in [0.4, 0.5) is 24.8 Å². The van der Waals surface area contributed by atoms with Crippen LogP contribution in [0.5, 0.6) is 11.5 Å². The number of carbonyl (C=O) groups excluding carboxylic acids is 1. The molecule has 180 valence electrons. The molecule has 11 nitrogen and oxygen atoms in total. The highest BCUT2D eigenvalue weighted by molar-refractivity contribution is 5.76. The third-order valence-corrected chi connectivity index (χ3v) is 3.96. The fraction of sp³-hybridized carbons (Fsp3) is 0.250. The Hall–Kier alpha value is -4.38. The highest BCUT2D eigenvalue weighted by Gasteiger charge is 2.28. The van der Waals surface area contributed by atoms with Gasteiger partial charge in [-0.2, -0.15) is 23.5 Å². The summed E-state index contributed by atoms with van der Waals surface area (Å²) in [4.78, 5) is 16.9. The molecule has 0 unspecified atom stereocenters. The number of alkyl halides is 3. The lowest BCUT2D eigenvalue weighted by Gasteiger charge is -2.13. The molecule has 0 saturated heterocycles. The predicted molar refractivity (Wildman–Crippen MR) is 110 cm³/mol. The monoisotopic (exact) mass is 479 g/mol. The number of carbonyl (C=O) groups is 1. The number of H-pyrrole nitrogens is 1. The molecule has 0 amide bonds. The zero-order valence-electron chi connectivity index (χ0n) is 17.8. The Balaban J connectivity index is 0.000000509. The summed E-state index contributed by atoms with van der Waals surface area (Å²) in [6.07, 6.45) is -1.46. The van der Waals surface area contributed by atoms with Gasteiger partial charge in [-0.15, -0.1) is 0 Å². The number of hydrogen-bond acceptors (Lipinski definition) is 9. The first kappa shape index (κ1) is 25.9. The molecule has 0 saturated carbocycles. The lowest BCUT2D eigenvalue weighted by molar-refractivity contribution is -0.368. The molecule has 0 aliphatic rings. The fourth-order valence-electron chi connectivity index (χ4n) is 2.45. The number of aromatic nitrogens is 4. The highest BCUT2D eigenvalue weighted by Crippen LogP contribution is 2.38. The number of ether oxygens (including phenoxy) is 2. The van der Waals surface area contributed by atoms with E-state index in [-0.39, 0.29) is 5.69 Å². The van der Waals surface area contributed by atoms with Crippen LogP contribution in [0.25, 0.3) is 11.3 Å². The van der Waals surface area contributed by atoms with Crippen LogP contribution in [0.15, 0.2) is 36.7 Å². The van der Waals surface area contributed by atoms with Crippen LogP contribution in [-0.4, -0.2) is 52.6 Å². The summed E-state index contributed by atoms with van der Waals surface area (Å²) < 4.78 is 42.9. The van der Waals surface area contributed by atoms with Crippen LogP contribution in [0.3, 0.4) is 0 Å². The number of rotatable bonds is 8. The Labute approximate surface area is 191 Å². The van der Waals surface area contributed by atoms with Crippen LogP contribution in [0, 0.1) is 11.3 Å². The number of nitrogens with zero attached hydrogens (tertiary/aromatic N) is 4. The minimum absolute atomic E-state index is 0.251. The van der Waals surface area contributed by atoms with Gasteiger partial charge in [0.25, 0.3) is 0 Å². The number of hydrogen-bond donors (Lipinski definition) is 3. The molecule has 0 bridgehead atoms. The maximum absolute atomic E-state index is 10.5. The number of nitriles is 1. The lowest BCUT2D eigenvalue weighted by Crippen LogP contribution is -2.50. The molecule has 2 aromatic heterocycles. The molecular formula is C20H20F3N7O4. The van der Waals surface area contributed by atoms with E-state index >= 15 is 0 Å². The van der Waals surface area contributed by atoms with Gasteiger partial charge in [-0.25, -0.2) is 9.97 Å². The maximum Gasteiger partial charge on any atom is 0.430 e. The normalized spacial score (nSPS) is 10.5. The molecule has 5 N–H and O–H groups in total. The highest BCUT2D eigenvalue weighted by atomic mass is 19.4. The van der Waals surface area contributed by atoms with Gasteiger partial charge in [0, 0.05) is 12.5 Å². The summed E-state index contributed by atoms with van der Waals surface area (Å²) in [5.74, 6) is -0.586. The Morgan fingerprint density at radius 3 is 2.53 bits per heavy atom. The molecule has 0 spiro atoms. The molecule has 0 aliphatic heterocycles. The molecular weight excluding hydrogens is 459 g/mol. The van der Waals surface area contributed by atoms with Gasteiger partial charge >= 0.3 is 6.18 Å². The number of aliphatic carboxylic acids is 1. The van der Waals surface area contributed by atoms with Gasteiger partial charge in [-0.3, -0.25) is 5.10 Å². The van der Waals surface area contributed by atoms with Crippen molar-refractivity contribution in [3.63, 3.8) is 0 Å². The van der Waals surface area contributed by atoms with Crippen molar-refractivity contribution in [2.75, 3.05) is 25.6 Å². The molecule has 0 atom stereocenters. The summed E-state index contributed by atoms with van der Waals surface area (Å²) in [5, 5.41) is 27.8. The van der Waals surface area contributed by atoms with E-state index in [1.807, 2.05) is 30.3 Å². The van der Waals surface area contributed by atoms with E-state index in [1.165, 1.54) is 12.4 Å². The first-order chi connectivity index (χ1) is 16.2. The van der Waals surface area contributed by atoms with Crippen molar-refractivity contribution in [3.8, 4) is 28.8 Å². The first-order valence-electron chi connectivity index (χ1n) is 9.61. The third kappa shape index (κ3) is 7.35. The number of halogens is 3. The molecule has 14 heteroatoms. The van der Waals surface area contributed by atoms with E-state index in [0.29, 0.717) is 29.7 Å². The quantitative estimate of drug-likeness (QED) is 0.394. The smallest absolute Gasteiger partial charge is 0.430 e. The van der Waals surface area contributed by atoms with Crippen molar-refractivity contribution in [2.24, 2.45) is 0 Å². The van der Waals surface area contributed by atoms with Gasteiger partial charge in [-0.1, -0.05) is 6.07 Å². The number of anilines is 2. The van der Waals surface area contributed by atoms with Crippen molar-refractivity contribution in [1.82, 2.24) is 20.2 Å². The lowest BCUT2D eigenvalue weighted by atomic mass is 10.1. The van der Waals surface area contributed by atoms with Crippen molar-refractivity contribution < 1.29 is 38.3 Å². The second-order valence-electron chi connectivity index (χ2n) is 6.36. The topological polar surface area (TPSA) is 177 Å². The average Bonchev–Trinajstić information content (AvgIpc) is 3.27. The molecule has 3 aromatic rings. The molecule has 0 fully saturated rings. The van der Waals surface area contributed by atoms with Crippen LogP contribution in [-0.2, 0) is 4.79 Å². The zero-order chi connectivity index (χ0) is 25.1. The summed E-state index contributed by atoms with van der Waals surface area (Å²) in [7, 11) is 1.61. The van der Waals surface area contributed by atoms with Gasteiger partial charge in [0.1, 0.15) is 29.4 Å². The standard InChI is InChI=1S/C18H19N7O2.C2HF3O2/c1-26-14-4-2-5-15(27-7-3-6-19)18(14)13-8-16(25-24-13)23-17-11-21-12(9-20)10-22-17;3-2(4,5)1(6)7/h2,4-5,8,10-11H,3,6-7,19H2,1H3,(H2,22,23,24,25);(H,6,7). The van der Waals surface area contributed by atoms with E-state index in [2.05, 4.69) is 31.2 Å². The Morgan fingerprint density at radius 1 is 1.26 bits per heavy atom. The summed E-state index contributed by atoms with van der Waals surface area (Å²) in [6.45, 7) is 1.38. The summed E-state index contributed by atoms with van der Waals surface area (Å²) in [5.41, 5.74) is 5.60. The van der Waals surface area contributed by atoms with Crippen LogP contribution in [0.2, 0.25) is 0 Å². The molecule has 1 aromatic carbocycles. The Morgan fingerprint density at radius 2 is 1.97 bits per heavy atom. The van der Waals surface area contributed by atoms with Gasteiger partial charge < -0.3 is 30.4 Å². The fourth-order valence-corrected chi connectivity index (χ4v) is 2.45. The minimum atomic E-state index is -5.19. The van der Waals surface area contributed by atoms with Crippen molar-refractivity contribution in [3.05, 3.63) is 42.4 Å². The van der Waals surface area contributed by atoms with E-state index in [4.69, 9.17) is 24.6 Å². The molecule has 3 rings (SSSR count). The molecule has 34 heavy (non-hydrogen) atoms. The van der Waals surface area contributed by atoms with Crippen LogP contribution in [0.1, 0.15) is 12.1 Å². The maximum atomic E-state index is 10.5. The number of quaternary nitrogens is 1. The van der Waals surface area contributed by atoms with Crippen LogP contribution >= 0.6 is 0 Å². The van der Waals surface area contributed by atoms with Gasteiger partial charge in [0.05, 0.1) is 43.9 Å². The van der Waals surface area contributed by atoms with Crippen molar-refractivity contribution >= 4 is 17.6 Å². The minimum Gasteiger partial charge on any atom is -0.542 e. The number of carboxylic acid groups (broad SMARTS) is 1. The largest absolute Gasteiger partial charge is 0.542 e.